The molecule has 2 aromatic rings. The van der Waals surface area contributed by atoms with Crippen LogP contribution in [-0.2, 0) is 35.1 Å². The number of hydrogen-bond acceptors (Lipinski definition) is 7. The minimum atomic E-state index is -3.69. The fourth-order valence-corrected chi connectivity index (χ4v) is 5.55. The maximum atomic E-state index is 15.1. The Balaban J connectivity index is 1.20. The van der Waals surface area contributed by atoms with Gasteiger partial charge in [0.15, 0.2) is 0 Å². The van der Waals surface area contributed by atoms with Gasteiger partial charge in [0.2, 0.25) is 5.91 Å². The number of hydrogen-bond donors (Lipinski definition) is 4. The Morgan fingerprint density at radius 2 is 1.85 bits per heavy atom. The summed E-state index contributed by atoms with van der Waals surface area (Å²) in [4.78, 5) is 31.0. The second kappa shape index (κ2) is 11.3. The molecule has 0 spiro atoms. The van der Waals surface area contributed by atoms with E-state index in [1.807, 2.05) is 0 Å². The van der Waals surface area contributed by atoms with Crippen molar-refractivity contribution in [1.82, 2.24) is 25.3 Å². The van der Waals surface area contributed by atoms with Crippen molar-refractivity contribution in [2.45, 2.75) is 56.9 Å². The van der Waals surface area contributed by atoms with Crippen LogP contribution in [0.2, 0.25) is 0 Å². The molecule has 3 aliphatic rings. The maximum absolute atomic E-state index is 15.1. The molecule has 5 rings (SSSR count). The van der Waals surface area contributed by atoms with Crippen molar-refractivity contribution in [2.24, 2.45) is 0 Å². The summed E-state index contributed by atoms with van der Waals surface area (Å²) in [5.41, 5.74) is 2.41. The van der Waals surface area contributed by atoms with Gasteiger partial charge in [-0.1, -0.05) is 36.4 Å². The molecule has 2 fully saturated rings. The van der Waals surface area contributed by atoms with Gasteiger partial charge in [-0.25, -0.2) is 0 Å². The molecule has 210 valence electrons. The average Bonchev–Trinajstić information content (AvgIpc) is 3.24. The summed E-state index contributed by atoms with van der Waals surface area (Å²) in [6, 6.07) is 10.6. The molecular weight excluding hydrogens is 508 g/mol. The van der Waals surface area contributed by atoms with E-state index < -0.39 is 30.3 Å². The largest absolute Gasteiger partial charge is 0.374 e. The molecule has 3 atom stereocenters. The van der Waals surface area contributed by atoms with Gasteiger partial charge >= 0.3 is 5.92 Å². The Morgan fingerprint density at radius 1 is 1.08 bits per heavy atom. The van der Waals surface area contributed by atoms with Crippen LogP contribution in [0, 0.1) is 0 Å². The first-order chi connectivity index (χ1) is 18.6. The molecule has 3 heterocycles. The van der Waals surface area contributed by atoms with Crippen molar-refractivity contribution in [2.75, 3.05) is 33.2 Å². The summed E-state index contributed by atoms with van der Waals surface area (Å²) in [6.07, 6.45) is -1.08. The normalized spacial score (nSPS) is 24.8. The van der Waals surface area contributed by atoms with E-state index >= 15 is 8.78 Å². The van der Waals surface area contributed by atoms with E-state index in [2.05, 4.69) is 27.5 Å². The second-order valence-corrected chi connectivity index (χ2v) is 10.7. The highest BCUT2D eigenvalue weighted by Gasteiger charge is 2.42. The van der Waals surface area contributed by atoms with Crippen LogP contribution in [0.15, 0.2) is 42.5 Å². The van der Waals surface area contributed by atoms with Crippen LogP contribution in [-0.4, -0.2) is 82.2 Å². The zero-order chi connectivity index (χ0) is 27.7. The quantitative estimate of drug-likeness (QED) is 0.416. The lowest BCUT2D eigenvalue weighted by Gasteiger charge is -2.34. The highest BCUT2D eigenvalue weighted by molar-refractivity contribution is 5.85. The molecule has 11 heteroatoms. The van der Waals surface area contributed by atoms with Crippen molar-refractivity contribution in [1.29, 1.82) is 0 Å². The molecule has 39 heavy (non-hydrogen) atoms. The van der Waals surface area contributed by atoms with Gasteiger partial charge in [0, 0.05) is 51.4 Å². The third-order valence-electron chi connectivity index (χ3n) is 7.91. The molecule has 4 N–H and O–H groups in total. The van der Waals surface area contributed by atoms with E-state index in [4.69, 9.17) is 0 Å². The van der Waals surface area contributed by atoms with E-state index in [-0.39, 0.29) is 18.0 Å². The lowest BCUT2D eigenvalue weighted by Crippen LogP contribution is -2.53. The number of carbonyl (C=O) groups excluding carboxylic acids is 2. The van der Waals surface area contributed by atoms with Crippen LogP contribution in [0.1, 0.15) is 46.9 Å². The molecule has 0 saturated carbocycles. The lowest BCUT2D eigenvalue weighted by molar-refractivity contribution is -0.147. The van der Waals surface area contributed by atoms with E-state index in [0.29, 0.717) is 37.1 Å². The van der Waals surface area contributed by atoms with E-state index in [1.54, 1.807) is 35.2 Å². The molecule has 0 aliphatic carbocycles. The number of aliphatic hydroxyl groups is 2. The van der Waals surface area contributed by atoms with Gasteiger partial charge < -0.3 is 25.7 Å². The molecule has 0 bridgehead atoms. The number of fused-ring (bicyclic) bond motifs is 1. The highest BCUT2D eigenvalue weighted by Crippen LogP contribution is 2.36. The number of carbonyl (C=O) groups is 2. The highest BCUT2D eigenvalue weighted by atomic mass is 19.3. The zero-order valence-corrected chi connectivity index (χ0v) is 21.9. The fraction of sp³-hybridized carbons (Fsp3) is 0.500. The van der Waals surface area contributed by atoms with Gasteiger partial charge in [-0.2, -0.15) is 8.78 Å². The molecular formula is C28H35F2N5O4. The first-order valence-corrected chi connectivity index (χ1v) is 13.3. The minimum Gasteiger partial charge on any atom is -0.374 e. The van der Waals surface area contributed by atoms with Crippen molar-refractivity contribution >= 4 is 11.8 Å². The third kappa shape index (κ3) is 5.97. The minimum absolute atomic E-state index is 0.102. The topological polar surface area (TPSA) is 108 Å². The number of nitrogens with one attached hydrogen (secondary N) is 2. The summed E-state index contributed by atoms with van der Waals surface area (Å²) in [7, 11) is 2.06. The molecule has 2 aromatic carbocycles. The standard InChI is InChI=1S/C28H35F2N5O4/c1-33-9-11-34(12-10-33)16-19-3-2-4-21(14-19)28(29,30)27(39)31-15-18-5-6-22-20(13-18)17-35(26(22)38)23-7-8-24(36)32-25(23)37/h2-6,13-14,23-24,26,36,38H,7-12,15-17H2,1H3,(H,31,39)(H,32,37). The summed E-state index contributed by atoms with van der Waals surface area (Å²) in [6.45, 7) is 4.34. The Kier molecular flexibility index (Phi) is 7.97. The zero-order valence-electron chi connectivity index (χ0n) is 21.9. The second-order valence-electron chi connectivity index (χ2n) is 10.7. The van der Waals surface area contributed by atoms with E-state index in [1.165, 1.54) is 12.1 Å². The van der Waals surface area contributed by atoms with Crippen molar-refractivity contribution in [3.63, 3.8) is 0 Å². The predicted molar refractivity (Wildman–Crippen MR) is 139 cm³/mol. The van der Waals surface area contributed by atoms with Gasteiger partial charge in [0.25, 0.3) is 5.91 Å². The number of nitrogens with zero attached hydrogens (tertiary/aromatic N) is 3. The SMILES string of the molecule is CN1CCN(Cc2cccc(C(F)(F)C(=O)NCc3ccc4c(c3)CN(C3CCC(O)NC3=O)C4O)c2)CC1. The van der Waals surface area contributed by atoms with Gasteiger partial charge in [-0.05, 0) is 48.2 Å². The number of likely N-dealkylation sites (N-methyl/N-ethyl adjacent to an activating group) is 1. The number of benzene rings is 2. The summed E-state index contributed by atoms with van der Waals surface area (Å²) in [5.74, 6) is -5.41. The van der Waals surface area contributed by atoms with Gasteiger partial charge in [-0.3, -0.25) is 19.4 Å². The predicted octanol–water partition coefficient (Wildman–Crippen LogP) is 1.25. The van der Waals surface area contributed by atoms with Crippen molar-refractivity contribution < 1.29 is 28.6 Å². The van der Waals surface area contributed by atoms with Crippen LogP contribution >= 0.6 is 0 Å². The van der Waals surface area contributed by atoms with Crippen LogP contribution in [0.5, 0.6) is 0 Å². The Labute approximate surface area is 226 Å². The van der Waals surface area contributed by atoms with Crippen LogP contribution in [0.25, 0.3) is 0 Å². The first kappa shape index (κ1) is 27.6. The Morgan fingerprint density at radius 3 is 2.59 bits per heavy atom. The maximum Gasteiger partial charge on any atom is 0.349 e. The van der Waals surface area contributed by atoms with Gasteiger partial charge in [0.05, 0.1) is 6.04 Å². The van der Waals surface area contributed by atoms with Crippen LogP contribution < -0.4 is 10.6 Å². The molecule has 0 aromatic heterocycles. The Bertz CT molecular complexity index is 1220. The third-order valence-corrected chi connectivity index (χ3v) is 7.91. The van der Waals surface area contributed by atoms with Crippen LogP contribution in [0.3, 0.4) is 0 Å². The number of alkyl halides is 2. The number of piperidine rings is 1. The number of aliphatic hydroxyl groups excluding tert-OH is 2. The van der Waals surface area contributed by atoms with E-state index in [9.17, 15) is 19.8 Å². The van der Waals surface area contributed by atoms with Gasteiger partial charge in [0.1, 0.15) is 12.5 Å². The average molecular weight is 544 g/mol. The monoisotopic (exact) mass is 543 g/mol. The lowest BCUT2D eigenvalue weighted by atomic mass is 10.0. The summed E-state index contributed by atoms with van der Waals surface area (Å²) < 4.78 is 30.3. The molecule has 2 saturated heterocycles. The molecule has 3 unspecified atom stereocenters. The van der Waals surface area contributed by atoms with Crippen molar-refractivity contribution in [3.8, 4) is 0 Å². The number of amides is 2. The number of rotatable bonds is 7. The molecule has 2 amide bonds. The smallest absolute Gasteiger partial charge is 0.349 e. The van der Waals surface area contributed by atoms with E-state index in [0.717, 1.165) is 37.3 Å². The van der Waals surface area contributed by atoms with Crippen molar-refractivity contribution in [3.05, 3.63) is 70.3 Å². The number of halogens is 2. The van der Waals surface area contributed by atoms with Crippen LogP contribution in [0.4, 0.5) is 8.78 Å². The van der Waals surface area contributed by atoms with Gasteiger partial charge in [-0.15, -0.1) is 0 Å². The molecule has 9 nitrogen and oxygen atoms in total. The first-order valence-electron chi connectivity index (χ1n) is 13.3. The number of piperazine rings is 1. The summed E-state index contributed by atoms with van der Waals surface area (Å²) in [5, 5.41) is 25.3. The Hall–Kier alpha value is -2.96. The molecule has 3 aliphatic heterocycles. The molecule has 0 radical (unpaired) electrons. The fourth-order valence-electron chi connectivity index (χ4n) is 5.55. The summed E-state index contributed by atoms with van der Waals surface area (Å²) >= 11 is 0.